The number of benzene rings is 1. The molecule has 1 heterocycles. The van der Waals surface area contributed by atoms with Crippen molar-refractivity contribution in [3.63, 3.8) is 0 Å². The second-order valence-electron chi connectivity index (χ2n) is 5.84. The molecule has 0 spiro atoms. The van der Waals surface area contributed by atoms with E-state index >= 15 is 0 Å². The summed E-state index contributed by atoms with van der Waals surface area (Å²) in [5.74, 6) is -0.148. The maximum Gasteiger partial charge on any atom is 0.270 e. The molecule has 0 aliphatic rings. The number of aromatic nitrogens is 1. The van der Waals surface area contributed by atoms with E-state index in [0.29, 0.717) is 12.2 Å². The summed E-state index contributed by atoms with van der Waals surface area (Å²) in [5, 5.41) is 2.87. The van der Waals surface area contributed by atoms with Gasteiger partial charge < -0.3 is 5.32 Å². The van der Waals surface area contributed by atoms with E-state index in [4.69, 9.17) is 0 Å². The number of amides is 1. The first-order valence-corrected chi connectivity index (χ1v) is 6.75. The number of carbonyl (C=O) groups is 1. The second-order valence-corrected chi connectivity index (χ2v) is 5.84. The molecular weight excluding hydrogens is 248 g/mol. The zero-order valence-corrected chi connectivity index (χ0v) is 12.2. The molecule has 0 radical (unpaired) electrons. The third-order valence-electron chi connectivity index (χ3n) is 3.17. The molecule has 0 fully saturated rings. The first-order chi connectivity index (χ1) is 9.47. The van der Waals surface area contributed by atoms with Crippen molar-refractivity contribution in [2.45, 2.75) is 32.7 Å². The molecule has 0 saturated heterocycles. The third-order valence-corrected chi connectivity index (χ3v) is 3.17. The highest BCUT2D eigenvalue weighted by molar-refractivity contribution is 5.92. The number of rotatable bonds is 3. The van der Waals surface area contributed by atoms with Crippen LogP contribution < -0.4 is 5.32 Å². The quantitative estimate of drug-likeness (QED) is 0.928. The molecule has 0 bridgehead atoms. The summed E-state index contributed by atoms with van der Waals surface area (Å²) in [6, 6.07) is 13.6. The smallest absolute Gasteiger partial charge is 0.270 e. The van der Waals surface area contributed by atoms with Gasteiger partial charge in [0, 0.05) is 12.7 Å². The van der Waals surface area contributed by atoms with Crippen LogP contribution in [0, 0.1) is 0 Å². The number of pyridine rings is 1. The highest BCUT2D eigenvalue weighted by Gasteiger charge is 2.13. The molecule has 1 amide bonds. The van der Waals surface area contributed by atoms with Gasteiger partial charge in [-0.1, -0.05) is 51.1 Å². The van der Waals surface area contributed by atoms with Crippen LogP contribution in [0.5, 0.6) is 0 Å². The topological polar surface area (TPSA) is 42.0 Å². The van der Waals surface area contributed by atoms with Crippen molar-refractivity contribution in [2.24, 2.45) is 0 Å². The summed E-state index contributed by atoms with van der Waals surface area (Å²) < 4.78 is 0. The Morgan fingerprint density at radius 1 is 1.10 bits per heavy atom. The van der Waals surface area contributed by atoms with Crippen molar-refractivity contribution in [2.75, 3.05) is 0 Å². The van der Waals surface area contributed by atoms with Crippen LogP contribution in [0.15, 0.2) is 48.7 Å². The second kappa shape index (κ2) is 5.87. The molecule has 1 N–H and O–H groups in total. The van der Waals surface area contributed by atoms with Gasteiger partial charge in [0.25, 0.3) is 5.91 Å². The van der Waals surface area contributed by atoms with Gasteiger partial charge in [-0.05, 0) is 28.7 Å². The van der Waals surface area contributed by atoms with Crippen molar-refractivity contribution in [1.82, 2.24) is 10.3 Å². The summed E-state index contributed by atoms with van der Waals surface area (Å²) in [5.41, 5.74) is 2.97. The molecule has 0 unspecified atom stereocenters. The summed E-state index contributed by atoms with van der Waals surface area (Å²) in [7, 11) is 0. The van der Waals surface area contributed by atoms with Crippen molar-refractivity contribution in [1.29, 1.82) is 0 Å². The summed E-state index contributed by atoms with van der Waals surface area (Å²) in [6.45, 7) is 7.07. The van der Waals surface area contributed by atoms with E-state index in [1.807, 2.05) is 0 Å². The van der Waals surface area contributed by atoms with Gasteiger partial charge in [-0.2, -0.15) is 0 Å². The number of nitrogens with zero attached hydrogens (tertiary/aromatic N) is 1. The molecule has 0 atom stereocenters. The Morgan fingerprint density at radius 2 is 1.80 bits per heavy atom. The lowest BCUT2D eigenvalue weighted by molar-refractivity contribution is 0.0946. The largest absolute Gasteiger partial charge is 0.347 e. The minimum atomic E-state index is -0.148. The molecular formula is C17H20N2O. The van der Waals surface area contributed by atoms with Crippen LogP contribution in [0.2, 0.25) is 0 Å². The van der Waals surface area contributed by atoms with Gasteiger partial charge in [0.1, 0.15) is 5.69 Å². The Balaban J connectivity index is 1.96. The first-order valence-electron chi connectivity index (χ1n) is 6.75. The van der Waals surface area contributed by atoms with Crippen LogP contribution in [0.4, 0.5) is 0 Å². The van der Waals surface area contributed by atoms with Crippen LogP contribution in [0.25, 0.3) is 0 Å². The van der Waals surface area contributed by atoms with Gasteiger partial charge in [0.2, 0.25) is 0 Å². The lowest BCUT2D eigenvalue weighted by atomic mass is 9.87. The Hall–Kier alpha value is -2.16. The normalized spacial score (nSPS) is 11.2. The zero-order chi connectivity index (χ0) is 14.6. The van der Waals surface area contributed by atoms with Gasteiger partial charge in [-0.25, -0.2) is 0 Å². The number of carbonyl (C=O) groups excluding carboxylic acids is 1. The van der Waals surface area contributed by atoms with Crippen LogP contribution in [0.1, 0.15) is 42.4 Å². The molecule has 0 aliphatic heterocycles. The molecule has 3 nitrogen and oxygen atoms in total. The highest BCUT2D eigenvalue weighted by atomic mass is 16.1. The Bertz CT molecular complexity index is 568. The SMILES string of the molecule is CC(C)(C)c1ccc(CNC(=O)c2ccccn2)cc1. The standard InChI is InChI=1S/C17H20N2O/c1-17(2,3)14-9-7-13(8-10-14)12-19-16(20)15-6-4-5-11-18-15/h4-11H,12H2,1-3H3,(H,19,20). The van der Waals surface area contributed by atoms with Gasteiger partial charge in [0.05, 0.1) is 0 Å². The Kier molecular flexibility index (Phi) is 4.18. The van der Waals surface area contributed by atoms with Crippen molar-refractivity contribution >= 4 is 5.91 Å². The number of hydrogen-bond donors (Lipinski definition) is 1. The van der Waals surface area contributed by atoms with Crippen LogP contribution >= 0.6 is 0 Å². The molecule has 2 aromatic rings. The summed E-state index contributed by atoms with van der Waals surface area (Å²) >= 11 is 0. The number of hydrogen-bond acceptors (Lipinski definition) is 2. The summed E-state index contributed by atoms with van der Waals surface area (Å²) in [6.07, 6.45) is 1.62. The number of nitrogens with one attached hydrogen (secondary N) is 1. The molecule has 2 rings (SSSR count). The molecule has 20 heavy (non-hydrogen) atoms. The van der Waals surface area contributed by atoms with E-state index in [-0.39, 0.29) is 11.3 Å². The fourth-order valence-electron chi connectivity index (χ4n) is 1.89. The van der Waals surface area contributed by atoms with E-state index in [1.165, 1.54) is 5.56 Å². The van der Waals surface area contributed by atoms with E-state index in [2.05, 4.69) is 55.3 Å². The fraction of sp³-hybridized carbons (Fsp3) is 0.294. The molecule has 104 valence electrons. The monoisotopic (exact) mass is 268 g/mol. The van der Waals surface area contributed by atoms with E-state index in [9.17, 15) is 4.79 Å². The van der Waals surface area contributed by atoms with Gasteiger partial charge in [0.15, 0.2) is 0 Å². The predicted octanol–water partition coefficient (Wildman–Crippen LogP) is 3.31. The minimum Gasteiger partial charge on any atom is -0.347 e. The third kappa shape index (κ3) is 3.67. The lowest BCUT2D eigenvalue weighted by Gasteiger charge is -2.19. The fourth-order valence-corrected chi connectivity index (χ4v) is 1.89. The summed E-state index contributed by atoms with van der Waals surface area (Å²) in [4.78, 5) is 15.9. The van der Waals surface area contributed by atoms with Crippen molar-refractivity contribution in [3.8, 4) is 0 Å². The Labute approximate surface area is 120 Å². The maximum atomic E-state index is 11.9. The van der Waals surface area contributed by atoms with Crippen LogP contribution in [-0.2, 0) is 12.0 Å². The molecule has 1 aromatic heterocycles. The van der Waals surface area contributed by atoms with Gasteiger partial charge in [-0.15, -0.1) is 0 Å². The van der Waals surface area contributed by atoms with Crippen molar-refractivity contribution < 1.29 is 4.79 Å². The molecule has 1 aromatic carbocycles. The van der Waals surface area contributed by atoms with E-state index in [1.54, 1.807) is 24.4 Å². The molecule has 0 aliphatic carbocycles. The average molecular weight is 268 g/mol. The maximum absolute atomic E-state index is 11.9. The average Bonchev–Trinajstić information content (AvgIpc) is 2.45. The molecule has 3 heteroatoms. The van der Waals surface area contributed by atoms with Crippen molar-refractivity contribution in [3.05, 3.63) is 65.5 Å². The zero-order valence-electron chi connectivity index (χ0n) is 12.2. The van der Waals surface area contributed by atoms with Crippen LogP contribution in [-0.4, -0.2) is 10.9 Å². The van der Waals surface area contributed by atoms with E-state index in [0.717, 1.165) is 5.56 Å². The first kappa shape index (κ1) is 14.3. The predicted molar refractivity (Wildman–Crippen MR) is 80.5 cm³/mol. The van der Waals surface area contributed by atoms with Gasteiger partial charge >= 0.3 is 0 Å². The highest BCUT2D eigenvalue weighted by Crippen LogP contribution is 2.22. The molecule has 0 saturated carbocycles. The van der Waals surface area contributed by atoms with E-state index < -0.39 is 0 Å². The van der Waals surface area contributed by atoms with Crippen LogP contribution in [0.3, 0.4) is 0 Å². The lowest BCUT2D eigenvalue weighted by Crippen LogP contribution is -2.23. The Morgan fingerprint density at radius 3 is 2.35 bits per heavy atom. The van der Waals surface area contributed by atoms with Gasteiger partial charge in [-0.3, -0.25) is 9.78 Å². The minimum absolute atomic E-state index is 0.148.